The van der Waals surface area contributed by atoms with E-state index < -0.39 is 0 Å². The van der Waals surface area contributed by atoms with E-state index in [0.29, 0.717) is 23.7 Å². The summed E-state index contributed by atoms with van der Waals surface area (Å²) < 4.78 is 6.84. The van der Waals surface area contributed by atoms with Gasteiger partial charge in [0.2, 0.25) is 5.91 Å². The van der Waals surface area contributed by atoms with Gasteiger partial charge in [-0.25, -0.2) is 4.98 Å². The highest BCUT2D eigenvalue weighted by atomic mass is 32.2. The molecule has 0 saturated carbocycles. The average Bonchev–Trinajstić information content (AvgIpc) is 3.06. The zero-order valence-electron chi connectivity index (χ0n) is 19.3. The second kappa shape index (κ2) is 11.1. The number of aryl methyl sites for hydroxylation is 3. The van der Waals surface area contributed by atoms with Gasteiger partial charge in [-0.3, -0.25) is 14.2 Å². The first kappa shape index (κ1) is 24.5. The van der Waals surface area contributed by atoms with Gasteiger partial charge in [0, 0.05) is 18.0 Å². The van der Waals surface area contributed by atoms with Gasteiger partial charge in [-0.05, 0) is 51.7 Å². The molecule has 0 saturated heterocycles. The number of thioether (sulfide) groups is 1. The summed E-state index contributed by atoms with van der Waals surface area (Å²) in [7, 11) is 1.61. The van der Waals surface area contributed by atoms with Gasteiger partial charge in [-0.1, -0.05) is 42.1 Å². The summed E-state index contributed by atoms with van der Waals surface area (Å²) >= 11 is 2.84. The van der Waals surface area contributed by atoms with Crippen LogP contribution in [0.3, 0.4) is 0 Å². The van der Waals surface area contributed by atoms with Gasteiger partial charge in [0.05, 0.1) is 23.8 Å². The molecular weight excluding hydrogens is 442 g/mol. The Hall–Kier alpha value is -2.16. The minimum atomic E-state index is -0.380. The molecule has 172 valence electrons. The number of fused-ring (bicyclic) bond motifs is 1. The number of amides is 1. The van der Waals surface area contributed by atoms with Crippen molar-refractivity contribution in [3.63, 3.8) is 0 Å². The summed E-state index contributed by atoms with van der Waals surface area (Å²) in [5.41, 5.74) is 2.17. The Labute approximate surface area is 197 Å². The molecule has 6 nitrogen and oxygen atoms in total. The Morgan fingerprint density at radius 3 is 2.66 bits per heavy atom. The van der Waals surface area contributed by atoms with Crippen LogP contribution in [0.4, 0.5) is 0 Å². The van der Waals surface area contributed by atoms with Crippen LogP contribution in [0.5, 0.6) is 0 Å². The largest absolute Gasteiger partial charge is 0.383 e. The highest BCUT2D eigenvalue weighted by Crippen LogP contribution is 2.29. The van der Waals surface area contributed by atoms with Crippen LogP contribution in [-0.4, -0.2) is 40.5 Å². The molecule has 1 amide bonds. The van der Waals surface area contributed by atoms with Gasteiger partial charge < -0.3 is 10.1 Å². The number of carbonyl (C=O) groups excluding carboxylic acids is 1. The zero-order chi connectivity index (χ0) is 23.3. The third-order valence-corrected chi connectivity index (χ3v) is 7.71. The van der Waals surface area contributed by atoms with Crippen molar-refractivity contribution in [3.05, 3.63) is 56.7 Å². The monoisotopic (exact) mass is 473 g/mol. The van der Waals surface area contributed by atoms with Crippen molar-refractivity contribution in [2.45, 2.75) is 63.5 Å². The van der Waals surface area contributed by atoms with Crippen LogP contribution in [0.1, 0.15) is 36.3 Å². The van der Waals surface area contributed by atoms with Crippen LogP contribution >= 0.6 is 23.1 Å². The molecule has 0 aliphatic carbocycles. The number of thiophene rings is 1. The van der Waals surface area contributed by atoms with Gasteiger partial charge in [0.15, 0.2) is 5.16 Å². The predicted molar refractivity (Wildman–Crippen MR) is 133 cm³/mol. The second-order valence-corrected chi connectivity index (χ2v) is 10.5. The standard InChI is InChI=1S/C24H31N3O3S2/c1-15(11-12-19-9-7-6-8-10-19)25-21(28)18(4)32-24-26-22-20(16(2)17(3)31-22)23(29)27(24)13-14-30-5/h6-10,15,18H,11-14H2,1-5H3,(H,25,28)/t15-,18+/m0/s1. The lowest BCUT2D eigenvalue weighted by Gasteiger charge is -2.18. The maximum absolute atomic E-state index is 13.2. The molecule has 0 fully saturated rings. The molecule has 32 heavy (non-hydrogen) atoms. The molecule has 0 aliphatic rings. The lowest BCUT2D eigenvalue weighted by molar-refractivity contribution is -0.120. The van der Waals surface area contributed by atoms with E-state index in [2.05, 4.69) is 17.4 Å². The number of methoxy groups -OCH3 is 1. The van der Waals surface area contributed by atoms with Crippen molar-refractivity contribution in [3.8, 4) is 0 Å². The minimum absolute atomic E-state index is 0.0539. The van der Waals surface area contributed by atoms with E-state index in [4.69, 9.17) is 9.72 Å². The molecule has 0 radical (unpaired) electrons. The van der Waals surface area contributed by atoms with Crippen molar-refractivity contribution < 1.29 is 9.53 Å². The van der Waals surface area contributed by atoms with Crippen molar-refractivity contribution in [1.82, 2.24) is 14.9 Å². The fourth-order valence-corrected chi connectivity index (χ4v) is 5.46. The Morgan fingerprint density at radius 2 is 1.97 bits per heavy atom. The summed E-state index contributed by atoms with van der Waals surface area (Å²) in [6, 6.07) is 10.3. The number of hydrogen-bond donors (Lipinski definition) is 1. The fourth-order valence-electron chi connectivity index (χ4n) is 3.45. The molecule has 3 rings (SSSR count). The minimum Gasteiger partial charge on any atom is -0.383 e. The van der Waals surface area contributed by atoms with Crippen LogP contribution in [0.2, 0.25) is 0 Å². The molecule has 3 aromatic rings. The van der Waals surface area contributed by atoms with Crippen molar-refractivity contribution >= 4 is 39.2 Å². The van der Waals surface area contributed by atoms with E-state index in [9.17, 15) is 9.59 Å². The molecule has 0 bridgehead atoms. The normalized spacial score (nSPS) is 13.3. The molecule has 0 unspecified atom stereocenters. The van der Waals surface area contributed by atoms with Crippen LogP contribution in [0.25, 0.3) is 10.2 Å². The first-order valence-electron chi connectivity index (χ1n) is 10.8. The smallest absolute Gasteiger partial charge is 0.263 e. The lowest BCUT2D eigenvalue weighted by atomic mass is 10.1. The topological polar surface area (TPSA) is 73.2 Å². The summed E-state index contributed by atoms with van der Waals surface area (Å²) in [4.78, 5) is 32.6. The first-order chi connectivity index (χ1) is 15.3. The number of benzene rings is 1. The molecule has 1 N–H and O–H groups in total. The average molecular weight is 474 g/mol. The van der Waals surface area contributed by atoms with E-state index in [1.165, 1.54) is 28.7 Å². The predicted octanol–water partition coefficient (Wildman–Crippen LogP) is 4.34. The van der Waals surface area contributed by atoms with Crippen molar-refractivity contribution in [1.29, 1.82) is 0 Å². The van der Waals surface area contributed by atoms with E-state index in [1.54, 1.807) is 11.7 Å². The molecule has 0 spiro atoms. The number of hydrogen-bond acceptors (Lipinski definition) is 6. The number of aromatic nitrogens is 2. The van der Waals surface area contributed by atoms with Crippen molar-refractivity contribution in [2.24, 2.45) is 0 Å². The number of nitrogens with zero attached hydrogens (tertiary/aromatic N) is 2. The number of ether oxygens (including phenoxy) is 1. The van der Waals surface area contributed by atoms with E-state index >= 15 is 0 Å². The molecule has 1 aromatic carbocycles. The van der Waals surface area contributed by atoms with Gasteiger partial charge in [0.1, 0.15) is 4.83 Å². The van der Waals surface area contributed by atoms with Crippen molar-refractivity contribution in [2.75, 3.05) is 13.7 Å². The van der Waals surface area contributed by atoms with Gasteiger partial charge in [-0.15, -0.1) is 11.3 Å². The van der Waals surface area contributed by atoms with Gasteiger partial charge >= 0.3 is 0 Å². The highest BCUT2D eigenvalue weighted by molar-refractivity contribution is 8.00. The summed E-state index contributed by atoms with van der Waals surface area (Å²) in [6.07, 6.45) is 1.78. The zero-order valence-corrected chi connectivity index (χ0v) is 20.9. The number of rotatable bonds is 10. The van der Waals surface area contributed by atoms with Crippen LogP contribution in [0, 0.1) is 13.8 Å². The van der Waals surface area contributed by atoms with Crippen LogP contribution in [0.15, 0.2) is 40.3 Å². The van der Waals surface area contributed by atoms with E-state index in [1.807, 2.05) is 45.9 Å². The first-order valence-corrected chi connectivity index (χ1v) is 12.5. The molecule has 2 atom stereocenters. The van der Waals surface area contributed by atoms with E-state index in [0.717, 1.165) is 28.1 Å². The Kier molecular flexibility index (Phi) is 8.51. The summed E-state index contributed by atoms with van der Waals surface area (Å²) in [5, 5.41) is 3.94. The Balaban J connectivity index is 1.72. The second-order valence-electron chi connectivity index (χ2n) is 8.00. The number of nitrogens with one attached hydrogen (secondary N) is 1. The lowest BCUT2D eigenvalue weighted by Crippen LogP contribution is -2.38. The quantitative estimate of drug-likeness (QED) is 0.350. The number of carbonyl (C=O) groups is 1. The fraction of sp³-hybridized carbons (Fsp3) is 0.458. The third kappa shape index (κ3) is 5.79. The van der Waals surface area contributed by atoms with E-state index in [-0.39, 0.29) is 22.8 Å². The van der Waals surface area contributed by atoms with Crippen LogP contribution in [-0.2, 0) is 22.5 Å². The molecule has 0 aliphatic heterocycles. The Morgan fingerprint density at radius 1 is 1.25 bits per heavy atom. The maximum atomic E-state index is 13.2. The summed E-state index contributed by atoms with van der Waals surface area (Å²) in [6.45, 7) is 8.63. The molecule has 8 heteroatoms. The molecular formula is C24H31N3O3S2. The highest BCUT2D eigenvalue weighted by Gasteiger charge is 2.22. The van der Waals surface area contributed by atoms with Crippen LogP contribution < -0.4 is 10.9 Å². The van der Waals surface area contributed by atoms with Gasteiger partial charge in [-0.2, -0.15) is 0 Å². The SMILES string of the molecule is COCCn1c(S[C@H](C)C(=O)N[C@@H](C)CCc2ccccc2)nc2sc(C)c(C)c2c1=O. The Bertz CT molecular complexity index is 1120. The maximum Gasteiger partial charge on any atom is 0.263 e. The summed E-state index contributed by atoms with van der Waals surface area (Å²) in [5.74, 6) is -0.0539. The molecule has 2 aromatic heterocycles. The third-order valence-electron chi connectivity index (χ3n) is 5.52. The molecule has 2 heterocycles. The van der Waals surface area contributed by atoms with Gasteiger partial charge in [0.25, 0.3) is 5.56 Å².